The van der Waals surface area contributed by atoms with Crippen molar-refractivity contribution in [2.75, 3.05) is 5.75 Å². The summed E-state index contributed by atoms with van der Waals surface area (Å²) < 4.78 is 12.8. The van der Waals surface area contributed by atoms with E-state index in [4.69, 9.17) is 16.7 Å². The Bertz CT molecular complexity index is 432. The number of thioether (sulfide) groups is 1. The lowest BCUT2D eigenvalue weighted by atomic mass is 10.3. The Kier molecular flexibility index (Phi) is 4.83. The fraction of sp³-hybridized carbons (Fsp3) is 0.182. The number of hydrogen-bond acceptors (Lipinski definition) is 2. The topological polar surface area (TPSA) is 37.3 Å². The third-order valence-corrected chi connectivity index (χ3v) is 3.20. The quantitative estimate of drug-likeness (QED) is 0.664. The van der Waals surface area contributed by atoms with Crippen LogP contribution in [0.1, 0.15) is 6.92 Å². The molecule has 5 heteroatoms. The Labute approximate surface area is 102 Å². The third kappa shape index (κ3) is 4.24. The van der Waals surface area contributed by atoms with Gasteiger partial charge in [0, 0.05) is 16.7 Å². The van der Waals surface area contributed by atoms with Crippen molar-refractivity contribution in [2.24, 2.45) is 0 Å². The van der Waals surface area contributed by atoms with E-state index >= 15 is 0 Å². The molecule has 0 fully saturated rings. The van der Waals surface area contributed by atoms with E-state index in [0.29, 0.717) is 5.75 Å². The van der Waals surface area contributed by atoms with Gasteiger partial charge in [-0.05, 0) is 25.1 Å². The van der Waals surface area contributed by atoms with E-state index in [9.17, 15) is 9.18 Å². The molecule has 0 amide bonds. The first-order valence-electron chi connectivity index (χ1n) is 4.47. The molecule has 1 aromatic rings. The maximum atomic E-state index is 12.8. The molecular formula is C11H10ClFO2S. The van der Waals surface area contributed by atoms with Gasteiger partial charge in [0.2, 0.25) is 0 Å². The largest absolute Gasteiger partial charge is 0.478 e. The molecule has 0 aromatic heterocycles. The van der Waals surface area contributed by atoms with Crippen LogP contribution < -0.4 is 0 Å². The maximum absolute atomic E-state index is 12.8. The first-order valence-corrected chi connectivity index (χ1v) is 5.83. The number of halogens is 2. The van der Waals surface area contributed by atoms with E-state index in [1.807, 2.05) is 0 Å². The zero-order valence-electron chi connectivity index (χ0n) is 8.54. The molecule has 1 N–H and O–H groups in total. The van der Waals surface area contributed by atoms with Crippen molar-refractivity contribution in [3.63, 3.8) is 0 Å². The van der Waals surface area contributed by atoms with Crippen molar-refractivity contribution in [2.45, 2.75) is 11.8 Å². The second kappa shape index (κ2) is 5.92. The minimum absolute atomic E-state index is 0.0740. The fourth-order valence-corrected chi connectivity index (χ4v) is 2.10. The van der Waals surface area contributed by atoms with Gasteiger partial charge in [0.05, 0.1) is 5.02 Å². The van der Waals surface area contributed by atoms with E-state index in [1.54, 1.807) is 13.0 Å². The van der Waals surface area contributed by atoms with Crippen molar-refractivity contribution in [3.05, 3.63) is 40.7 Å². The van der Waals surface area contributed by atoms with E-state index in [0.717, 1.165) is 16.5 Å². The SMILES string of the molecule is CC(=CC(=O)O)CSc1ccc(F)c(Cl)c1. The van der Waals surface area contributed by atoms with Crippen LogP contribution in [-0.2, 0) is 4.79 Å². The summed E-state index contributed by atoms with van der Waals surface area (Å²) in [4.78, 5) is 11.2. The van der Waals surface area contributed by atoms with Crippen LogP contribution in [0.25, 0.3) is 0 Å². The molecule has 0 unspecified atom stereocenters. The number of aliphatic carboxylic acids is 1. The molecule has 16 heavy (non-hydrogen) atoms. The highest BCUT2D eigenvalue weighted by atomic mass is 35.5. The number of carboxylic acid groups (broad SMARTS) is 1. The highest BCUT2D eigenvalue weighted by Gasteiger charge is 2.02. The van der Waals surface area contributed by atoms with E-state index in [-0.39, 0.29) is 5.02 Å². The molecule has 0 saturated carbocycles. The van der Waals surface area contributed by atoms with Crippen molar-refractivity contribution < 1.29 is 14.3 Å². The lowest BCUT2D eigenvalue weighted by molar-refractivity contribution is -0.131. The van der Waals surface area contributed by atoms with Gasteiger partial charge in [0.1, 0.15) is 5.82 Å². The number of carbonyl (C=O) groups is 1. The van der Waals surface area contributed by atoms with Crippen LogP contribution >= 0.6 is 23.4 Å². The second-order valence-electron chi connectivity index (χ2n) is 3.19. The van der Waals surface area contributed by atoms with Crippen molar-refractivity contribution >= 4 is 29.3 Å². The van der Waals surface area contributed by atoms with Crippen LogP contribution in [0.5, 0.6) is 0 Å². The van der Waals surface area contributed by atoms with Gasteiger partial charge in [-0.1, -0.05) is 17.2 Å². The molecule has 0 radical (unpaired) electrons. The minimum Gasteiger partial charge on any atom is -0.478 e. The van der Waals surface area contributed by atoms with Crippen LogP contribution in [0.4, 0.5) is 4.39 Å². The van der Waals surface area contributed by atoms with Gasteiger partial charge in [-0.2, -0.15) is 0 Å². The maximum Gasteiger partial charge on any atom is 0.328 e. The van der Waals surface area contributed by atoms with Crippen LogP contribution in [0.2, 0.25) is 5.02 Å². The zero-order chi connectivity index (χ0) is 12.1. The highest BCUT2D eigenvalue weighted by molar-refractivity contribution is 7.99. The van der Waals surface area contributed by atoms with Crippen LogP contribution in [-0.4, -0.2) is 16.8 Å². The van der Waals surface area contributed by atoms with Crippen LogP contribution in [0.15, 0.2) is 34.7 Å². The van der Waals surface area contributed by atoms with E-state index < -0.39 is 11.8 Å². The molecule has 0 spiro atoms. The van der Waals surface area contributed by atoms with Crippen LogP contribution in [0.3, 0.4) is 0 Å². The standard InChI is InChI=1S/C11H10ClFO2S/c1-7(4-11(14)15)6-16-8-2-3-10(13)9(12)5-8/h2-5H,6H2,1H3,(H,14,15). The molecule has 0 aliphatic carbocycles. The normalized spacial score (nSPS) is 11.6. The molecule has 1 aromatic carbocycles. The van der Waals surface area contributed by atoms with Crippen molar-refractivity contribution in [1.82, 2.24) is 0 Å². The van der Waals surface area contributed by atoms with Gasteiger partial charge in [0.15, 0.2) is 0 Å². The Morgan fingerprint density at radius 1 is 1.62 bits per heavy atom. The monoisotopic (exact) mass is 260 g/mol. The number of rotatable bonds is 4. The van der Waals surface area contributed by atoms with Gasteiger partial charge < -0.3 is 5.11 Å². The van der Waals surface area contributed by atoms with Gasteiger partial charge in [-0.3, -0.25) is 0 Å². The zero-order valence-corrected chi connectivity index (χ0v) is 10.1. The van der Waals surface area contributed by atoms with Gasteiger partial charge in [-0.15, -0.1) is 11.8 Å². The molecule has 2 nitrogen and oxygen atoms in total. The predicted molar refractivity (Wildman–Crippen MR) is 63.5 cm³/mol. The van der Waals surface area contributed by atoms with Gasteiger partial charge in [-0.25, -0.2) is 9.18 Å². The first-order chi connectivity index (χ1) is 7.49. The van der Waals surface area contributed by atoms with Crippen molar-refractivity contribution in [3.8, 4) is 0 Å². The highest BCUT2D eigenvalue weighted by Crippen LogP contribution is 2.25. The molecule has 0 aliphatic heterocycles. The molecule has 1 rings (SSSR count). The fourth-order valence-electron chi connectivity index (χ4n) is 1.02. The first kappa shape index (κ1) is 13.1. The second-order valence-corrected chi connectivity index (χ2v) is 4.65. The molecule has 0 aliphatic rings. The molecule has 0 bridgehead atoms. The summed E-state index contributed by atoms with van der Waals surface area (Å²) in [7, 11) is 0. The molecule has 0 heterocycles. The lowest BCUT2D eigenvalue weighted by Crippen LogP contribution is -1.91. The Hall–Kier alpha value is -1.00. The predicted octanol–water partition coefficient (Wildman–Crippen LogP) is 3.60. The summed E-state index contributed by atoms with van der Waals surface area (Å²) in [5.74, 6) is -0.882. The number of hydrogen-bond donors (Lipinski definition) is 1. The van der Waals surface area contributed by atoms with E-state index in [2.05, 4.69) is 0 Å². The third-order valence-electron chi connectivity index (χ3n) is 1.73. The average Bonchev–Trinajstić information content (AvgIpc) is 2.19. The molecule has 86 valence electrons. The van der Waals surface area contributed by atoms with Gasteiger partial charge >= 0.3 is 5.97 Å². The summed E-state index contributed by atoms with van der Waals surface area (Å²) in [6.07, 6.45) is 1.15. The van der Waals surface area contributed by atoms with Crippen molar-refractivity contribution in [1.29, 1.82) is 0 Å². The molecule has 0 saturated heterocycles. The number of benzene rings is 1. The summed E-state index contributed by atoms with van der Waals surface area (Å²) in [6, 6.07) is 4.43. The van der Waals surface area contributed by atoms with E-state index in [1.165, 1.54) is 23.9 Å². The summed E-state index contributed by atoms with van der Waals surface area (Å²) in [5.41, 5.74) is 0.734. The minimum atomic E-state index is -0.963. The average molecular weight is 261 g/mol. The Morgan fingerprint density at radius 3 is 2.88 bits per heavy atom. The molecular weight excluding hydrogens is 251 g/mol. The lowest BCUT2D eigenvalue weighted by Gasteiger charge is -2.02. The Morgan fingerprint density at radius 2 is 2.31 bits per heavy atom. The Balaban J connectivity index is 2.61. The summed E-state index contributed by atoms with van der Waals surface area (Å²) in [6.45, 7) is 1.73. The summed E-state index contributed by atoms with van der Waals surface area (Å²) in [5, 5.41) is 8.58. The van der Waals surface area contributed by atoms with Gasteiger partial charge in [0.25, 0.3) is 0 Å². The molecule has 0 atom stereocenters. The smallest absolute Gasteiger partial charge is 0.328 e. The number of carboxylic acids is 1. The van der Waals surface area contributed by atoms with Crippen LogP contribution in [0, 0.1) is 5.82 Å². The summed E-state index contributed by atoms with van der Waals surface area (Å²) >= 11 is 7.03.